The minimum Gasteiger partial charge on any atom is -0.462 e. The van der Waals surface area contributed by atoms with Gasteiger partial charge in [0.25, 0.3) is 0 Å². The monoisotopic (exact) mass is 305 g/mol. The first-order chi connectivity index (χ1) is 9.97. The molecule has 0 bridgehead atoms. The van der Waals surface area contributed by atoms with E-state index in [1.165, 1.54) is 17.3 Å². The van der Waals surface area contributed by atoms with Crippen LogP contribution in [0.4, 0.5) is 0 Å². The summed E-state index contributed by atoms with van der Waals surface area (Å²) >= 11 is 1.33. The number of aromatic nitrogens is 3. The van der Waals surface area contributed by atoms with E-state index in [1.807, 2.05) is 50.6 Å². The fourth-order valence-corrected chi connectivity index (χ4v) is 2.59. The van der Waals surface area contributed by atoms with Crippen molar-refractivity contribution < 1.29 is 9.53 Å². The van der Waals surface area contributed by atoms with Crippen LogP contribution in [0.25, 0.3) is 11.4 Å². The quantitative estimate of drug-likeness (QED) is 0.628. The number of rotatable bonds is 5. The maximum absolute atomic E-state index is 11.6. The van der Waals surface area contributed by atoms with E-state index in [1.54, 1.807) is 0 Å². The van der Waals surface area contributed by atoms with Crippen LogP contribution in [0.15, 0.2) is 29.4 Å². The Hall–Kier alpha value is -1.82. The molecule has 0 unspecified atom stereocenters. The Kier molecular flexibility index (Phi) is 5.01. The van der Waals surface area contributed by atoms with Crippen molar-refractivity contribution in [2.75, 3.05) is 5.75 Å². The molecule has 0 aliphatic rings. The van der Waals surface area contributed by atoms with Crippen LogP contribution in [0.3, 0.4) is 0 Å². The van der Waals surface area contributed by atoms with Crippen molar-refractivity contribution in [3.05, 3.63) is 29.8 Å². The lowest BCUT2D eigenvalue weighted by atomic mass is 10.1. The van der Waals surface area contributed by atoms with Crippen molar-refractivity contribution in [3.8, 4) is 11.4 Å². The van der Waals surface area contributed by atoms with Gasteiger partial charge in [0.05, 0.1) is 11.9 Å². The number of esters is 1. The van der Waals surface area contributed by atoms with Gasteiger partial charge in [-0.25, -0.2) is 0 Å². The summed E-state index contributed by atoms with van der Waals surface area (Å²) < 4.78 is 6.99. The Bertz CT molecular complexity index is 638. The Morgan fingerprint density at radius 1 is 1.38 bits per heavy atom. The van der Waals surface area contributed by atoms with Crippen molar-refractivity contribution >= 4 is 17.7 Å². The summed E-state index contributed by atoms with van der Waals surface area (Å²) in [7, 11) is 1.90. The lowest BCUT2D eigenvalue weighted by molar-refractivity contribution is -0.144. The van der Waals surface area contributed by atoms with Gasteiger partial charge in [-0.1, -0.05) is 35.5 Å². The number of carbonyl (C=O) groups is 1. The van der Waals surface area contributed by atoms with Gasteiger partial charge in [0.15, 0.2) is 11.0 Å². The second-order valence-electron chi connectivity index (χ2n) is 5.06. The average molecular weight is 305 g/mol. The summed E-state index contributed by atoms with van der Waals surface area (Å²) in [5.74, 6) is 0.784. The molecule has 1 heterocycles. The lowest BCUT2D eigenvalue weighted by Gasteiger charge is -2.07. The minimum atomic E-state index is -0.241. The molecule has 0 atom stereocenters. The summed E-state index contributed by atoms with van der Waals surface area (Å²) in [6.07, 6.45) is -0.0968. The van der Waals surface area contributed by atoms with Gasteiger partial charge in [-0.2, -0.15) is 0 Å². The molecule has 0 spiro atoms. The van der Waals surface area contributed by atoms with Crippen LogP contribution in [-0.2, 0) is 16.6 Å². The number of hydrogen-bond acceptors (Lipinski definition) is 5. The van der Waals surface area contributed by atoms with Crippen LogP contribution in [0.5, 0.6) is 0 Å². The van der Waals surface area contributed by atoms with Crippen LogP contribution in [0.2, 0.25) is 0 Å². The molecule has 0 aliphatic carbocycles. The SMILES string of the molecule is Cc1cccc(-c2nnc(SCC(=O)OC(C)C)n2C)c1. The predicted octanol–water partition coefficient (Wildman–Crippen LogP) is 2.83. The second kappa shape index (κ2) is 6.76. The molecule has 1 aromatic heterocycles. The van der Waals surface area contributed by atoms with Crippen molar-refractivity contribution in [2.24, 2.45) is 7.05 Å². The average Bonchev–Trinajstić information content (AvgIpc) is 2.77. The van der Waals surface area contributed by atoms with Gasteiger partial charge in [0.1, 0.15) is 0 Å². The third-order valence-corrected chi connectivity index (χ3v) is 3.79. The molecule has 0 N–H and O–H groups in total. The fourth-order valence-electron chi connectivity index (χ4n) is 1.90. The Balaban J connectivity index is 2.09. The first kappa shape index (κ1) is 15.6. The molecule has 6 heteroatoms. The molecule has 0 aliphatic heterocycles. The first-order valence-electron chi connectivity index (χ1n) is 6.76. The molecule has 1 aromatic carbocycles. The molecule has 0 fully saturated rings. The van der Waals surface area contributed by atoms with Crippen molar-refractivity contribution in [1.82, 2.24) is 14.8 Å². The lowest BCUT2D eigenvalue weighted by Crippen LogP contribution is -2.13. The smallest absolute Gasteiger partial charge is 0.316 e. The van der Waals surface area contributed by atoms with Gasteiger partial charge in [-0.15, -0.1) is 10.2 Å². The summed E-state index contributed by atoms with van der Waals surface area (Å²) in [5.41, 5.74) is 2.19. The number of hydrogen-bond donors (Lipinski definition) is 0. The topological polar surface area (TPSA) is 57.0 Å². The van der Waals surface area contributed by atoms with E-state index in [0.29, 0.717) is 5.16 Å². The van der Waals surface area contributed by atoms with E-state index in [2.05, 4.69) is 16.3 Å². The standard InChI is InChI=1S/C15H19N3O2S/c1-10(2)20-13(19)9-21-15-17-16-14(18(15)4)12-7-5-6-11(3)8-12/h5-8,10H,9H2,1-4H3. The Labute approximate surface area is 128 Å². The number of ether oxygens (including phenoxy) is 1. The van der Waals surface area contributed by atoms with Crippen molar-refractivity contribution in [1.29, 1.82) is 0 Å². The number of aryl methyl sites for hydroxylation is 1. The van der Waals surface area contributed by atoms with E-state index in [-0.39, 0.29) is 17.8 Å². The van der Waals surface area contributed by atoms with Gasteiger partial charge in [-0.05, 0) is 26.8 Å². The molecule has 0 amide bonds. The fraction of sp³-hybridized carbons (Fsp3) is 0.400. The predicted molar refractivity (Wildman–Crippen MR) is 83.1 cm³/mol. The van der Waals surface area contributed by atoms with Gasteiger partial charge >= 0.3 is 5.97 Å². The largest absolute Gasteiger partial charge is 0.462 e. The molecule has 5 nitrogen and oxygen atoms in total. The van der Waals surface area contributed by atoms with Gasteiger partial charge in [-0.3, -0.25) is 4.79 Å². The van der Waals surface area contributed by atoms with Gasteiger partial charge in [0.2, 0.25) is 0 Å². The zero-order chi connectivity index (χ0) is 15.4. The summed E-state index contributed by atoms with van der Waals surface area (Å²) in [6.45, 7) is 5.71. The van der Waals surface area contributed by atoms with Crippen molar-refractivity contribution in [3.63, 3.8) is 0 Å². The molecule has 112 valence electrons. The van der Waals surface area contributed by atoms with Crippen LogP contribution in [0, 0.1) is 6.92 Å². The highest BCUT2D eigenvalue weighted by molar-refractivity contribution is 7.99. The zero-order valence-corrected chi connectivity index (χ0v) is 13.5. The van der Waals surface area contributed by atoms with E-state index in [0.717, 1.165) is 11.4 Å². The highest BCUT2D eigenvalue weighted by Gasteiger charge is 2.14. The molecular formula is C15H19N3O2S. The first-order valence-corrected chi connectivity index (χ1v) is 7.74. The third-order valence-electron chi connectivity index (χ3n) is 2.80. The highest BCUT2D eigenvalue weighted by atomic mass is 32.2. The van der Waals surface area contributed by atoms with E-state index >= 15 is 0 Å². The van der Waals surface area contributed by atoms with E-state index < -0.39 is 0 Å². The highest BCUT2D eigenvalue weighted by Crippen LogP contribution is 2.23. The maximum atomic E-state index is 11.6. The number of benzene rings is 1. The summed E-state index contributed by atoms with van der Waals surface area (Å²) in [6, 6.07) is 8.09. The number of nitrogens with zero attached hydrogens (tertiary/aromatic N) is 3. The molecule has 21 heavy (non-hydrogen) atoms. The molecule has 0 saturated carbocycles. The molecule has 0 radical (unpaired) electrons. The van der Waals surface area contributed by atoms with Gasteiger partial charge in [0, 0.05) is 12.6 Å². The van der Waals surface area contributed by atoms with Crippen LogP contribution in [-0.4, -0.2) is 32.6 Å². The normalized spacial score (nSPS) is 10.9. The van der Waals surface area contributed by atoms with Crippen LogP contribution in [0.1, 0.15) is 19.4 Å². The number of carbonyl (C=O) groups excluding carboxylic acids is 1. The molecule has 0 saturated heterocycles. The maximum Gasteiger partial charge on any atom is 0.316 e. The van der Waals surface area contributed by atoms with E-state index in [9.17, 15) is 4.79 Å². The molecule has 2 aromatic rings. The summed E-state index contributed by atoms with van der Waals surface area (Å²) in [5, 5.41) is 9.05. The van der Waals surface area contributed by atoms with Gasteiger partial charge < -0.3 is 9.30 Å². The Morgan fingerprint density at radius 2 is 2.14 bits per heavy atom. The second-order valence-corrected chi connectivity index (χ2v) is 6.00. The zero-order valence-electron chi connectivity index (χ0n) is 12.7. The van der Waals surface area contributed by atoms with Crippen LogP contribution < -0.4 is 0 Å². The molecular weight excluding hydrogens is 286 g/mol. The van der Waals surface area contributed by atoms with E-state index in [4.69, 9.17) is 4.74 Å². The van der Waals surface area contributed by atoms with Crippen molar-refractivity contribution in [2.45, 2.75) is 32.0 Å². The van der Waals surface area contributed by atoms with Crippen LogP contribution >= 0.6 is 11.8 Å². The Morgan fingerprint density at radius 3 is 2.81 bits per heavy atom. The third kappa shape index (κ3) is 4.07. The minimum absolute atomic E-state index is 0.0968. The summed E-state index contributed by atoms with van der Waals surface area (Å²) in [4.78, 5) is 11.6. The molecule has 2 rings (SSSR count). The number of thioether (sulfide) groups is 1.